The third-order valence-electron chi connectivity index (χ3n) is 3.28. The standard InChI is InChI=1S/C19H21NO3S/c1-4-23-19(22)15-12-16(13(2)3)24-18(15)20-17(21)11-10-14-8-6-5-7-9-14/h5-13H,4H2,1-3H3,(H,20,21). The van der Waals surface area contributed by atoms with E-state index < -0.39 is 5.97 Å². The molecule has 0 saturated heterocycles. The highest BCUT2D eigenvalue weighted by Crippen LogP contribution is 2.33. The molecule has 0 spiro atoms. The van der Waals surface area contributed by atoms with Crippen molar-refractivity contribution < 1.29 is 14.3 Å². The third kappa shape index (κ3) is 4.80. The molecule has 126 valence electrons. The second kappa shape index (κ2) is 8.45. The van der Waals surface area contributed by atoms with Crippen LogP contribution < -0.4 is 5.32 Å². The minimum atomic E-state index is -0.414. The Balaban J connectivity index is 2.16. The predicted octanol–water partition coefficient (Wildman–Crippen LogP) is 4.70. The van der Waals surface area contributed by atoms with Crippen LogP contribution in [0, 0.1) is 0 Å². The lowest BCUT2D eigenvalue weighted by Gasteiger charge is -2.03. The maximum absolute atomic E-state index is 12.2. The molecule has 2 aromatic rings. The molecular weight excluding hydrogens is 322 g/mol. The Morgan fingerprint density at radius 2 is 1.96 bits per heavy atom. The Morgan fingerprint density at radius 1 is 1.25 bits per heavy atom. The normalized spacial score (nSPS) is 11.0. The van der Waals surface area contributed by atoms with E-state index in [4.69, 9.17) is 4.74 Å². The molecule has 0 atom stereocenters. The number of benzene rings is 1. The highest BCUT2D eigenvalue weighted by atomic mass is 32.1. The fraction of sp³-hybridized carbons (Fsp3) is 0.263. The summed E-state index contributed by atoms with van der Waals surface area (Å²) < 4.78 is 5.07. The Hall–Kier alpha value is -2.40. The Morgan fingerprint density at radius 3 is 2.58 bits per heavy atom. The van der Waals surface area contributed by atoms with Gasteiger partial charge in [-0.15, -0.1) is 11.3 Å². The van der Waals surface area contributed by atoms with Gasteiger partial charge in [-0.25, -0.2) is 4.79 Å². The first-order chi connectivity index (χ1) is 11.5. The molecular formula is C19H21NO3S. The van der Waals surface area contributed by atoms with Crippen LogP contribution in [0.5, 0.6) is 0 Å². The van der Waals surface area contributed by atoms with Crippen LogP contribution in [0.4, 0.5) is 5.00 Å². The van der Waals surface area contributed by atoms with E-state index in [2.05, 4.69) is 5.32 Å². The van der Waals surface area contributed by atoms with Gasteiger partial charge in [0.25, 0.3) is 0 Å². The van der Waals surface area contributed by atoms with E-state index >= 15 is 0 Å². The molecule has 5 heteroatoms. The number of esters is 1. The number of anilines is 1. The van der Waals surface area contributed by atoms with Gasteiger partial charge in [-0.1, -0.05) is 44.2 Å². The highest BCUT2D eigenvalue weighted by Gasteiger charge is 2.19. The zero-order chi connectivity index (χ0) is 17.5. The van der Waals surface area contributed by atoms with Crippen molar-refractivity contribution in [2.45, 2.75) is 26.7 Å². The van der Waals surface area contributed by atoms with Crippen molar-refractivity contribution in [2.24, 2.45) is 0 Å². The van der Waals surface area contributed by atoms with Gasteiger partial charge in [0, 0.05) is 11.0 Å². The van der Waals surface area contributed by atoms with Gasteiger partial charge in [0.15, 0.2) is 0 Å². The average Bonchev–Trinajstić information content (AvgIpc) is 2.98. The molecule has 1 amide bonds. The Labute approximate surface area is 146 Å². The topological polar surface area (TPSA) is 55.4 Å². The van der Waals surface area contributed by atoms with E-state index in [1.807, 2.05) is 44.2 Å². The molecule has 0 unspecified atom stereocenters. The summed E-state index contributed by atoms with van der Waals surface area (Å²) in [4.78, 5) is 25.3. The largest absolute Gasteiger partial charge is 0.462 e. The average molecular weight is 343 g/mol. The van der Waals surface area contributed by atoms with Crippen LogP contribution in [-0.2, 0) is 9.53 Å². The van der Waals surface area contributed by atoms with Crippen molar-refractivity contribution in [3.05, 3.63) is 58.5 Å². The molecule has 2 rings (SSSR count). The number of carbonyl (C=O) groups excluding carboxylic acids is 2. The second-order valence-electron chi connectivity index (χ2n) is 5.50. The smallest absolute Gasteiger partial charge is 0.341 e. The first kappa shape index (κ1) is 17.9. The lowest BCUT2D eigenvalue weighted by molar-refractivity contribution is -0.111. The molecule has 0 bridgehead atoms. The molecule has 0 aliphatic rings. The van der Waals surface area contributed by atoms with Gasteiger partial charge in [-0.05, 0) is 30.5 Å². The lowest BCUT2D eigenvalue weighted by Crippen LogP contribution is -2.11. The van der Waals surface area contributed by atoms with Gasteiger partial charge < -0.3 is 10.1 Å². The fourth-order valence-electron chi connectivity index (χ4n) is 2.04. The van der Waals surface area contributed by atoms with E-state index in [9.17, 15) is 9.59 Å². The van der Waals surface area contributed by atoms with Crippen molar-refractivity contribution in [1.29, 1.82) is 0 Å². The quantitative estimate of drug-likeness (QED) is 0.611. The van der Waals surface area contributed by atoms with Crippen LogP contribution in [-0.4, -0.2) is 18.5 Å². The van der Waals surface area contributed by atoms with E-state index in [1.54, 1.807) is 19.1 Å². The first-order valence-corrected chi connectivity index (χ1v) is 8.67. The summed E-state index contributed by atoms with van der Waals surface area (Å²) in [6.45, 7) is 6.14. The van der Waals surface area contributed by atoms with Gasteiger partial charge in [0.2, 0.25) is 5.91 Å². The van der Waals surface area contributed by atoms with E-state index in [-0.39, 0.29) is 11.8 Å². The molecule has 0 fully saturated rings. The first-order valence-electron chi connectivity index (χ1n) is 7.86. The second-order valence-corrected chi connectivity index (χ2v) is 6.58. The fourth-order valence-corrected chi connectivity index (χ4v) is 3.09. The summed E-state index contributed by atoms with van der Waals surface area (Å²) in [6.07, 6.45) is 3.19. The van der Waals surface area contributed by atoms with Gasteiger partial charge in [0.1, 0.15) is 5.00 Å². The van der Waals surface area contributed by atoms with Gasteiger partial charge in [-0.3, -0.25) is 4.79 Å². The summed E-state index contributed by atoms with van der Waals surface area (Å²) in [7, 11) is 0. The lowest BCUT2D eigenvalue weighted by atomic mass is 10.1. The third-order valence-corrected chi connectivity index (χ3v) is 4.63. The van der Waals surface area contributed by atoms with E-state index in [0.717, 1.165) is 10.4 Å². The minimum absolute atomic E-state index is 0.272. The molecule has 24 heavy (non-hydrogen) atoms. The van der Waals surface area contributed by atoms with Crippen molar-refractivity contribution in [3.63, 3.8) is 0 Å². The Bertz CT molecular complexity index is 732. The van der Waals surface area contributed by atoms with Crippen molar-refractivity contribution in [1.82, 2.24) is 0 Å². The van der Waals surface area contributed by atoms with Crippen molar-refractivity contribution in [2.75, 3.05) is 11.9 Å². The molecule has 1 heterocycles. The number of ether oxygens (including phenoxy) is 1. The van der Waals surface area contributed by atoms with Gasteiger partial charge in [-0.2, -0.15) is 0 Å². The number of thiophene rings is 1. The predicted molar refractivity (Wildman–Crippen MR) is 98.5 cm³/mol. The number of hydrogen-bond donors (Lipinski definition) is 1. The summed E-state index contributed by atoms with van der Waals surface area (Å²) >= 11 is 1.41. The summed E-state index contributed by atoms with van der Waals surface area (Å²) in [6, 6.07) is 11.4. The van der Waals surface area contributed by atoms with Crippen LogP contribution in [0.15, 0.2) is 42.5 Å². The van der Waals surface area contributed by atoms with Gasteiger partial charge in [0.05, 0.1) is 12.2 Å². The summed E-state index contributed by atoms with van der Waals surface area (Å²) in [5, 5.41) is 3.31. The van der Waals surface area contributed by atoms with E-state index in [0.29, 0.717) is 17.2 Å². The molecule has 1 N–H and O–H groups in total. The number of amides is 1. The molecule has 4 nitrogen and oxygen atoms in total. The molecule has 1 aromatic carbocycles. The van der Waals surface area contributed by atoms with Crippen LogP contribution in [0.3, 0.4) is 0 Å². The molecule has 1 aromatic heterocycles. The number of nitrogens with one attached hydrogen (secondary N) is 1. The highest BCUT2D eigenvalue weighted by molar-refractivity contribution is 7.16. The molecule has 0 aliphatic carbocycles. The number of hydrogen-bond acceptors (Lipinski definition) is 4. The summed E-state index contributed by atoms with van der Waals surface area (Å²) in [5.41, 5.74) is 1.35. The summed E-state index contributed by atoms with van der Waals surface area (Å²) in [5.74, 6) is -0.418. The maximum Gasteiger partial charge on any atom is 0.341 e. The van der Waals surface area contributed by atoms with Crippen molar-refractivity contribution >= 4 is 34.3 Å². The number of carbonyl (C=O) groups is 2. The minimum Gasteiger partial charge on any atom is -0.462 e. The zero-order valence-electron chi connectivity index (χ0n) is 14.0. The van der Waals surface area contributed by atoms with Crippen LogP contribution in [0.1, 0.15) is 47.5 Å². The monoisotopic (exact) mass is 343 g/mol. The molecule has 0 aliphatic heterocycles. The molecule has 0 saturated carbocycles. The van der Waals surface area contributed by atoms with Crippen molar-refractivity contribution in [3.8, 4) is 0 Å². The van der Waals surface area contributed by atoms with Crippen LogP contribution >= 0.6 is 11.3 Å². The van der Waals surface area contributed by atoms with Crippen LogP contribution in [0.2, 0.25) is 0 Å². The Kier molecular flexibility index (Phi) is 6.32. The van der Waals surface area contributed by atoms with Gasteiger partial charge >= 0.3 is 5.97 Å². The van der Waals surface area contributed by atoms with E-state index in [1.165, 1.54) is 17.4 Å². The van der Waals surface area contributed by atoms with Crippen LogP contribution in [0.25, 0.3) is 6.08 Å². The maximum atomic E-state index is 12.2. The number of rotatable bonds is 6. The SMILES string of the molecule is CCOC(=O)c1cc(C(C)C)sc1NC(=O)C=Cc1ccccc1. The molecule has 0 radical (unpaired) electrons. The zero-order valence-corrected chi connectivity index (χ0v) is 14.9.